The van der Waals surface area contributed by atoms with Crippen LogP contribution in [0.5, 0.6) is 0 Å². The molecule has 5 heterocycles. The average Bonchev–Trinajstić information content (AvgIpc) is 3.67. The number of halogens is 1. The summed E-state index contributed by atoms with van der Waals surface area (Å²) in [6.07, 6.45) is 10.9. The van der Waals surface area contributed by atoms with Crippen molar-refractivity contribution >= 4 is 57.4 Å². The monoisotopic (exact) mass is 548 g/mol. The number of anilines is 2. The van der Waals surface area contributed by atoms with Crippen LogP contribution in [-0.2, 0) is 4.79 Å². The molecule has 3 N–H and O–H groups in total. The Morgan fingerprint density at radius 1 is 1.18 bits per heavy atom. The second-order valence-corrected chi connectivity index (χ2v) is 10.4. The standard InChI is InChI=1S/C27H29ClN8O3/c28-17-7-8-21-20(13-17)32-27(39-21)33-26(38)19-15-36(25-23(19)24(29)30-16-31-25)18-5-3-12-35(14-18)22(37)6-4-11-34-9-1-2-10-34/h4,6-8,13,15-16,18H,1-3,5,9-12,14H2,(H2,29,30,31)(H,32,33,38)/b6-4+/t18-/m1/s1. The molecule has 11 nitrogen and oxygen atoms in total. The topological polar surface area (TPSA) is 135 Å². The number of nitrogens with two attached hydrogens (primary N) is 1. The summed E-state index contributed by atoms with van der Waals surface area (Å²) in [4.78, 5) is 43.4. The molecule has 0 bridgehead atoms. The number of aromatic nitrogens is 4. The number of piperidine rings is 1. The number of carbonyl (C=O) groups is 2. The van der Waals surface area contributed by atoms with Crippen LogP contribution in [0.25, 0.3) is 22.1 Å². The van der Waals surface area contributed by atoms with Gasteiger partial charge in [-0.05, 0) is 57.0 Å². The molecule has 2 amide bonds. The fourth-order valence-electron chi connectivity index (χ4n) is 5.43. The molecule has 3 aromatic heterocycles. The van der Waals surface area contributed by atoms with E-state index in [-0.39, 0.29) is 23.8 Å². The third-order valence-corrected chi connectivity index (χ3v) is 7.61. The van der Waals surface area contributed by atoms with Gasteiger partial charge in [0.25, 0.3) is 5.91 Å². The number of likely N-dealkylation sites (tertiary alicyclic amines) is 2. The van der Waals surface area contributed by atoms with Gasteiger partial charge in [0.1, 0.15) is 23.3 Å². The largest absolute Gasteiger partial charge is 0.423 e. The van der Waals surface area contributed by atoms with Crippen molar-refractivity contribution in [2.75, 3.05) is 43.8 Å². The number of rotatable bonds is 6. The molecule has 0 aliphatic carbocycles. The van der Waals surface area contributed by atoms with Gasteiger partial charge in [-0.25, -0.2) is 9.97 Å². The zero-order valence-corrected chi connectivity index (χ0v) is 22.1. The van der Waals surface area contributed by atoms with Crippen LogP contribution < -0.4 is 11.1 Å². The minimum atomic E-state index is -0.452. The number of amides is 2. The molecular weight excluding hydrogens is 520 g/mol. The molecule has 0 radical (unpaired) electrons. The highest BCUT2D eigenvalue weighted by atomic mass is 35.5. The van der Waals surface area contributed by atoms with Crippen LogP contribution in [0.3, 0.4) is 0 Å². The van der Waals surface area contributed by atoms with Crippen molar-refractivity contribution in [2.24, 2.45) is 0 Å². The predicted molar refractivity (Wildman–Crippen MR) is 149 cm³/mol. The van der Waals surface area contributed by atoms with E-state index in [1.807, 2.05) is 15.5 Å². The van der Waals surface area contributed by atoms with Crippen molar-refractivity contribution in [3.63, 3.8) is 0 Å². The number of nitrogens with zero attached hydrogens (tertiary/aromatic N) is 6. The van der Waals surface area contributed by atoms with Crippen molar-refractivity contribution in [3.8, 4) is 0 Å². The third kappa shape index (κ3) is 5.19. The maximum absolute atomic E-state index is 13.4. The molecule has 2 saturated heterocycles. The van der Waals surface area contributed by atoms with E-state index >= 15 is 0 Å². The zero-order chi connectivity index (χ0) is 26.9. The summed E-state index contributed by atoms with van der Waals surface area (Å²) in [7, 11) is 0. The molecule has 12 heteroatoms. The highest BCUT2D eigenvalue weighted by molar-refractivity contribution is 6.31. The fourth-order valence-corrected chi connectivity index (χ4v) is 5.60. The van der Waals surface area contributed by atoms with E-state index < -0.39 is 5.91 Å². The van der Waals surface area contributed by atoms with E-state index in [1.54, 1.807) is 30.5 Å². The van der Waals surface area contributed by atoms with Crippen LogP contribution in [0, 0.1) is 0 Å². The lowest BCUT2D eigenvalue weighted by molar-refractivity contribution is -0.127. The maximum atomic E-state index is 13.4. The van der Waals surface area contributed by atoms with Crippen LogP contribution in [-0.4, -0.2) is 73.9 Å². The fraction of sp³-hybridized carbons (Fsp3) is 0.370. The second kappa shape index (κ2) is 10.7. The molecule has 1 atom stereocenters. The minimum absolute atomic E-state index is 0.00136. The Bertz CT molecular complexity index is 1570. The summed E-state index contributed by atoms with van der Waals surface area (Å²) in [5.41, 5.74) is 8.09. The van der Waals surface area contributed by atoms with E-state index in [1.165, 1.54) is 19.2 Å². The summed E-state index contributed by atoms with van der Waals surface area (Å²) in [5.74, 6) is -0.258. The summed E-state index contributed by atoms with van der Waals surface area (Å²) in [6, 6.07) is 5.01. The first-order valence-corrected chi connectivity index (χ1v) is 13.5. The summed E-state index contributed by atoms with van der Waals surface area (Å²) >= 11 is 6.04. The summed E-state index contributed by atoms with van der Waals surface area (Å²) < 4.78 is 7.59. The SMILES string of the molecule is Nc1ncnc2c1c(C(=O)Nc1nc3cc(Cl)ccc3o1)cn2[C@@H]1CCCN(C(=O)/C=C/CN2CCCC2)C1. The van der Waals surface area contributed by atoms with Crippen molar-refractivity contribution < 1.29 is 14.0 Å². The number of hydrogen-bond acceptors (Lipinski definition) is 8. The van der Waals surface area contributed by atoms with Gasteiger partial charge in [0.15, 0.2) is 5.58 Å². The highest BCUT2D eigenvalue weighted by Gasteiger charge is 2.28. The first-order valence-electron chi connectivity index (χ1n) is 13.1. The highest BCUT2D eigenvalue weighted by Crippen LogP contribution is 2.31. The lowest BCUT2D eigenvalue weighted by Gasteiger charge is -2.33. The molecular formula is C27H29ClN8O3. The number of nitrogen functional groups attached to an aromatic ring is 1. The van der Waals surface area contributed by atoms with Gasteiger partial charge < -0.3 is 19.6 Å². The smallest absolute Gasteiger partial charge is 0.302 e. The molecule has 2 fully saturated rings. The van der Waals surface area contributed by atoms with Crippen LogP contribution in [0.2, 0.25) is 5.02 Å². The van der Waals surface area contributed by atoms with Crippen molar-refractivity contribution in [2.45, 2.75) is 31.7 Å². The van der Waals surface area contributed by atoms with Crippen molar-refractivity contribution in [1.29, 1.82) is 0 Å². The van der Waals surface area contributed by atoms with Crippen LogP contribution in [0.1, 0.15) is 42.1 Å². The minimum Gasteiger partial charge on any atom is -0.423 e. The maximum Gasteiger partial charge on any atom is 0.302 e. The molecule has 2 aliphatic rings. The average molecular weight is 549 g/mol. The Balaban J connectivity index is 1.23. The molecule has 1 aromatic carbocycles. The van der Waals surface area contributed by atoms with Gasteiger partial charge in [-0.1, -0.05) is 17.7 Å². The van der Waals surface area contributed by atoms with Gasteiger partial charge >= 0.3 is 6.01 Å². The zero-order valence-electron chi connectivity index (χ0n) is 21.3. The molecule has 0 saturated carbocycles. The molecule has 39 heavy (non-hydrogen) atoms. The first-order chi connectivity index (χ1) is 19.0. The number of benzene rings is 1. The quantitative estimate of drug-likeness (QED) is 0.347. The Labute approximate surface area is 229 Å². The summed E-state index contributed by atoms with van der Waals surface area (Å²) in [5, 5.41) is 3.68. The number of fused-ring (bicyclic) bond motifs is 2. The lowest BCUT2D eigenvalue weighted by Crippen LogP contribution is -2.40. The summed E-state index contributed by atoms with van der Waals surface area (Å²) in [6.45, 7) is 4.18. The van der Waals surface area contributed by atoms with Gasteiger partial charge in [0.2, 0.25) is 5.91 Å². The van der Waals surface area contributed by atoms with Crippen molar-refractivity contribution in [1.82, 2.24) is 29.3 Å². The molecule has 202 valence electrons. The van der Waals surface area contributed by atoms with E-state index in [9.17, 15) is 9.59 Å². The lowest BCUT2D eigenvalue weighted by atomic mass is 10.1. The van der Waals surface area contributed by atoms with E-state index in [0.29, 0.717) is 45.8 Å². The first kappa shape index (κ1) is 25.3. The molecule has 0 unspecified atom stereocenters. The Morgan fingerprint density at radius 3 is 2.87 bits per heavy atom. The van der Waals surface area contributed by atoms with Crippen molar-refractivity contribution in [3.05, 3.63) is 53.5 Å². The number of hydrogen-bond donors (Lipinski definition) is 2. The Hall–Kier alpha value is -3.96. The van der Waals surface area contributed by atoms with E-state index in [0.717, 1.165) is 32.5 Å². The van der Waals surface area contributed by atoms with Crippen LogP contribution in [0.4, 0.5) is 11.8 Å². The van der Waals surface area contributed by atoms with E-state index in [4.69, 9.17) is 21.8 Å². The van der Waals surface area contributed by atoms with Crippen LogP contribution >= 0.6 is 11.6 Å². The van der Waals surface area contributed by atoms with Crippen LogP contribution in [0.15, 0.2) is 47.3 Å². The second-order valence-electron chi connectivity index (χ2n) is 9.98. The number of oxazole rings is 1. The van der Waals surface area contributed by atoms with E-state index in [2.05, 4.69) is 25.2 Å². The van der Waals surface area contributed by atoms with Gasteiger partial charge in [-0.3, -0.25) is 19.8 Å². The molecule has 0 spiro atoms. The van der Waals surface area contributed by atoms with Gasteiger partial charge in [-0.15, -0.1) is 0 Å². The molecule has 2 aliphatic heterocycles. The third-order valence-electron chi connectivity index (χ3n) is 7.38. The van der Waals surface area contributed by atoms with Gasteiger partial charge in [-0.2, -0.15) is 4.98 Å². The van der Waals surface area contributed by atoms with Gasteiger partial charge in [0, 0.05) is 36.9 Å². The number of carbonyl (C=O) groups excluding carboxylic acids is 2. The number of nitrogens with one attached hydrogen (secondary N) is 1. The Kier molecular flexibility index (Phi) is 6.92. The molecule has 6 rings (SSSR count). The predicted octanol–water partition coefficient (Wildman–Crippen LogP) is 3.88. The van der Waals surface area contributed by atoms with Gasteiger partial charge in [0.05, 0.1) is 17.0 Å². The normalized spacial score (nSPS) is 18.5. The Morgan fingerprint density at radius 2 is 2.03 bits per heavy atom. The molecule has 4 aromatic rings.